The van der Waals surface area contributed by atoms with Crippen LogP contribution in [0.5, 0.6) is 5.75 Å². The van der Waals surface area contributed by atoms with Crippen LogP contribution in [0, 0.1) is 0 Å². The number of sulfonamides is 1. The zero-order valence-electron chi connectivity index (χ0n) is 28.1. The number of aromatic nitrogens is 4. The van der Waals surface area contributed by atoms with E-state index >= 15 is 0 Å². The standard InChI is InChI=1S/C31H39F3N8O6S2.ClH/c1-42(2,3)18-23(43)14-28(44)36-13-5-4-6-26(29(45)37-16-20-7-9-21(10-8-20)31(32,33)34)41-17-22(39-40-41)19-48-24-11-12-25-27(15-24)49-30(38-25)50(35,46)47;/h7-12,15,17,23,26,43H,4-6,13-14,16,18-19H2,1-3H3,(H3-,35,36,37,44,45,46,47);1H. The van der Waals surface area contributed by atoms with Gasteiger partial charge < -0.3 is 37.4 Å². The monoisotopic (exact) mass is 776 g/mol. The van der Waals surface area contributed by atoms with Gasteiger partial charge in [0.1, 0.15) is 36.7 Å². The van der Waals surface area contributed by atoms with Gasteiger partial charge in [-0.1, -0.05) is 17.3 Å². The number of aliphatic hydroxyl groups excluding tert-OH is 1. The van der Waals surface area contributed by atoms with Gasteiger partial charge in [-0.3, -0.25) is 9.59 Å². The van der Waals surface area contributed by atoms with Gasteiger partial charge in [0.25, 0.3) is 10.0 Å². The van der Waals surface area contributed by atoms with Crippen molar-refractivity contribution in [3.63, 3.8) is 0 Å². The van der Waals surface area contributed by atoms with Crippen LogP contribution in [0.1, 0.15) is 48.5 Å². The Balaban J connectivity index is 0.00000702. The Labute approximate surface area is 303 Å². The summed E-state index contributed by atoms with van der Waals surface area (Å²) >= 11 is 0.907. The number of carbonyl (C=O) groups excluding carboxylic acids is 2. The van der Waals surface area contributed by atoms with Gasteiger partial charge >= 0.3 is 6.18 Å². The lowest BCUT2D eigenvalue weighted by atomic mass is 10.1. The summed E-state index contributed by atoms with van der Waals surface area (Å²) in [6, 6.07) is 8.48. The van der Waals surface area contributed by atoms with E-state index in [1.807, 2.05) is 21.1 Å². The number of halogens is 4. The number of nitrogens with one attached hydrogen (secondary N) is 2. The van der Waals surface area contributed by atoms with Crippen LogP contribution in [0.2, 0.25) is 0 Å². The fourth-order valence-corrected chi connectivity index (χ4v) is 6.64. The van der Waals surface area contributed by atoms with Gasteiger partial charge in [0, 0.05) is 13.1 Å². The minimum Gasteiger partial charge on any atom is -1.00 e. The second kappa shape index (κ2) is 17.6. The lowest BCUT2D eigenvalue weighted by Gasteiger charge is -2.26. The molecule has 14 nitrogen and oxygen atoms in total. The molecule has 5 N–H and O–H groups in total. The molecule has 20 heteroatoms. The molecule has 2 unspecified atom stereocenters. The number of hydrogen-bond donors (Lipinski definition) is 4. The van der Waals surface area contributed by atoms with Crippen molar-refractivity contribution in [2.75, 3.05) is 34.2 Å². The molecule has 4 rings (SSSR count). The number of fused-ring (bicyclic) bond motifs is 1. The number of benzene rings is 2. The second-order valence-electron chi connectivity index (χ2n) is 12.7. The number of nitrogens with zero attached hydrogens (tertiary/aromatic N) is 5. The van der Waals surface area contributed by atoms with Crippen LogP contribution in [0.4, 0.5) is 13.2 Å². The summed E-state index contributed by atoms with van der Waals surface area (Å²) in [6.07, 6.45) is -2.41. The predicted octanol–water partition coefficient (Wildman–Crippen LogP) is -0.262. The number of thiazole rings is 1. The quantitative estimate of drug-likeness (QED) is 0.0827. The van der Waals surface area contributed by atoms with Crippen molar-refractivity contribution in [2.24, 2.45) is 5.14 Å². The third-order valence-electron chi connectivity index (χ3n) is 7.30. The number of ether oxygens (including phenoxy) is 1. The Morgan fingerprint density at radius 2 is 1.80 bits per heavy atom. The zero-order valence-corrected chi connectivity index (χ0v) is 30.4. The summed E-state index contributed by atoms with van der Waals surface area (Å²) in [5.41, 5.74) is 0.513. The Morgan fingerprint density at radius 3 is 2.45 bits per heavy atom. The van der Waals surface area contributed by atoms with Crippen LogP contribution in [-0.2, 0) is 38.9 Å². The van der Waals surface area contributed by atoms with E-state index < -0.39 is 39.8 Å². The van der Waals surface area contributed by atoms with Crippen molar-refractivity contribution in [3.05, 3.63) is 65.5 Å². The minimum atomic E-state index is -4.47. The molecule has 0 aliphatic rings. The highest BCUT2D eigenvalue weighted by Crippen LogP contribution is 2.30. The molecule has 0 fully saturated rings. The highest BCUT2D eigenvalue weighted by atomic mass is 35.5. The average molecular weight is 777 g/mol. The summed E-state index contributed by atoms with van der Waals surface area (Å²) in [6.45, 7) is 0.704. The number of primary sulfonamides is 1. The van der Waals surface area contributed by atoms with Crippen LogP contribution < -0.4 is 32.9 Å². The van der Waals surface area contributed by atoms with E-state index in [1.54, 1.807) is 24.4 Å². The first-order valence-electron chi connectivity index (χ1n) is 15.5. The maximum atomic E-state index is 13.4. The van der Waals surface area contributed by atoms with Gasteiger partial charge in [-0.25, -0.2) is 23.2 Å². The fraction of sp³-hybridized carbons (Fsp3) is 0.452. The summed E-state index contributed by atoms with van der Waals surface area (Å²) in [5.74, 6) is -0.303. The molecule has 2 atom stereocenters. The number of rotatable bonds is 17. The third kappa shape index (κ3) is 13.0. The molecule has 280 valence electrons. The lowest BCUT2D eigenvalue weighted by Crippen LogP contribution is -3.00. The van der Waals surface area contributed by atoms with Crippen LogP contribution in [0.25, 0.3) is 10.2 Å². The van der Waals surface area contributed by atoms with E-state index in [0.29, 0.717) is 64.1 Å². The molecule has 2 heterocycles. The Hall–Kier alpha value is -3.88. The van der Waals surface area contributed by atoms with Gasteiger partial charge in [0.15, 0.2) is 0 Å². The second-order valence-corrected chi connectivity index (χ2v) is 15.5. The van der Waals surface area contributed by atoms with E-state index in [-0.39, 0.29) is 42.2 Å². The summed E-state index contributed by atoms with van der Waals surface area (Å²) < 4.78 is 70.2. The Kier molecular flexibility index (Phi) is 14.3. The first-order valence-corrected chi connectivity index (χ1v) is 17.9. The van der Waals surface area contributed by atoms with Crippen molar-refractivity contribution < 1.29 is 57.9 Å². The van der Waals surface area contributed by atoms with E-state index in [4.69, 9.17) is 9.88 Å². The van der Waals surface area contributed by atoms with Crippen molar-refractivity contribution in [1.82, 2.24) is 30.6 Å². The first kappa shape index (κ1) is 41.5. The summed E-state index contributed by atoms with van der Waals surface area (Å²) in [5, 5.41) is 29.1. The number of unbranched alkanes of at least 4 members (excludes halogenated alkanes) is 1. The van der Waals surface area contributed by atoms with Gasteiger partial charge in [-0.15, -0.1) is 16.4 Å². The zero-order chi connectivity index (χ0) is 36.7. The molecule has 2 amide bonds. The molecular weight excluding hydrogens is 737 g/mol. The molecular formula is C31H40ClF3N8O6S2. The topological polar surface area (TPSA) is 191 Å². The van der Waals surface area contributed by atoms with E-state index in [9.17, 15) is 36.3 Å². The number of likely N-dealkylation sites (N-methyl/N-ethyl adjacent to an activating group) is 1. The average Bonchev–Trinajstić information content (AvgIpc) is 3.66. The molecule has 0 bridgehead atoms. The van der Waals surface area contributed by atoms with Crippen LogP contribution >= 0.6 is 11.3 Å². The number of nitrogens with two attached hydrogens (primary N) is 1. The molecule has 0 saturated heterocycles. The predicted molar refractivity (Wildman–Crippen MR) is 178 cm³/mol. The van der Waals surface area contributed by atoms with Crippen LogP contribution in [0.15, 0.2) is 53.0 Å². The highest BCUT2D eigenvalue weighted by Gasteiger charge is 2.30. The number of hydrogen-bond acceptors (Lipinski definition) is 10. The Bertz CT molecular complexity index is 1880. The Morgan fingerprint density at radius 1 is 1.10 bits per heavy atom. The van der Waals surface area contributed by atoms with E-state index in [1.165, 1.54) is 16.8 Å². The maximum Gasteiger partial charge on any atom is 0.416 e. The van der Waals surface area contributed by atoms with Gasteiger partial charge in [0.05, 0.1) is 49.5 Å². The molecule has 4 aromatic rings. The molecule has 0 saturated carbocycles. The summed E-state index contributed by atoms with van der Waals surface area (Å²) in [4.78, 5) is 29.6. The lowest BCUT2D eigenvalue weighted by molar-refractivity contribution is -0.873. The largest absolute Gasteiger partial charge is 1.00 e. The van der Waals surface area contributed by atoms with Crippen molar-refractivity contribution >= 4 is 43.4 Å². The van der Waals surface area contributed by atoms with Crippen LogP contribution in [-0.4, -0.2) is 90.1 Å². The number of amides is 2. The molecule has 2 aromatic heterocycles. The normalized spacial score (nSPS) is 13.3. The minimum absolute atomic E-state index is 0. The smallest absolute Gasteiger partial charge is 0.416 e. The van der Waals surface area contributed by atoms with E-state index in [0.717, 1.165) is 23.5 Å². The van der Waals surface area contributed by atoms with Crippen molar-refractivity contribution in [2.45, 2.75) is 61.5 Å². The van der Waals surface area contributed by atoms with Crippen molar-refractivity contribution in [1.29, 1.82) is 0 Å². The first-order chi connectivity index (χ1) is 23.4. The summed E-state index contributed by atoms with van der Waals surface area (Å²) in [7, 11) is 1.80. The van der Waals surface area contributed by atoms with Gasteiger partial charge in [-0.05, 0) is 55.2 Å². The van der Waals surface area contributed by atoms with Gasteiger partial charge in [-0.2, -0.15) is 13.2 Å². The third-order valence-corrected chi connectivity index (χ3v) is 9.64. The number of aliphatic hydroxyl groups is 1. The molecule has 0 aliphatic heterocycles. The number of quaternary nitrogens is 1. The SMILES string of the molecule is C[N+](C)(C)CC(O)CC(=O)NCCCCC(C(=O)NCc1ccc(C(F)(F)F)cc1)n1cc(COc2ccc3nc(S(N)(=O)=O)sc3c2)nn1.[Cl-]. The fourth-order valence-electron chi connectivity index (χ4n) is 4.96. The molecule has 0 radical (unpaired) electrons. The number of alkyl halides is 3. The molecule has 0 aliphatic carbocycles. The van der Waals surface area contributed by atoms with Gasteiger partial charge in [0.2, 0.25) is 16.2 Å². The molecule has 2 aromatic carbocycles. The highest BCUT2D eigenvalue weighted by molar-refractivity contribution is 7.91. The van der Waals surface area contributed by atoms with Crippen molar-refractivity contribution in [3.8, 4) is 5.75 Å². The van der Waals surface area contributed by atoms with E-state index in [2.05, 4.69) is 25.9 Å². The van der Waals surface area contributed by atoms with Crippen LogP contribution in [0.3, 0.4) is 0 Å². The molecule has 51 heavy (non-hydrogen) atoms. The molecule has 0 spiro atoms. The number of carbonyl (C=O) groups is 2. The maximum absolute atomic E-state index is 13.4.